The molecule has 0 amide bonds. The summed E-state index contributed by atoms with van der Waals surface area (Å²) in [5, 5.41) is 16.8. The van der Waals surface area contributed by atoms with Crippen LogP contribution in [-0.4, -0.2) is 51.5 Å². The maximum Gasteiger partial charge on any atom is 0.191 e. The molecule has 28 heavy (non-hydrogen) atoms. The first-order valence-electron chi connectivity index (χ1n) is 9.48. The van der Waals surface area contributed by atoms with Crippen molar-refractivity contribution in [3.63, 3.8) is 0 Å². The van der Waals surface area contributed by atoms with Crippen molar-refractivity contribution in [2.24, 2.45) is 4.99 Å². The molecule has 0 aliphatic carbocycles. The van der Waals surface area contributed by atoms with Crippen LogP contribution in [0.1, 0.15) is 53.2 Å². The lowest BCUT2D eigenvalue weighted by molar-refractivity contribution is 0.185. The number of rotatable bonds is 9. The molecular weight excluding hydrogens is 489 g/mol. The van der Waals surface area contributed by atoms with E-state index in [2.05, 4.69) is 15.6 Å². The van der Waals surface area contributed by atoms with Crippen LogP contribution in [-0.2, 0) is 10.8 Å². The van der Waals surface area contributed by atoms with Gasteiger partial charge in [-0.05, 0) is 59.2 Å². The number of aliphatic imine (C=N–C) groups is 1. The summed E-state index contributed by atoms with van der Waals surface area (Å²) in [6.07, 6.45) is -0.640. The molecule has 0 saturated heterocycles. The van der Waals surface area contributed by atoms with E-state index in [0.29, 0.717) is 24.8 Å². The number of aliphatic hydroxyl groups excluding tert-OH is 1. The molecule has 1 aromatic rings. The summed E-state index contributed by atoms with van der Waals surface area (Å²) in [7, 11) is -0.916. The Kier molecular flexibility index (Phi) is 13.0. The first-order valence-corrected chi connectivity index (χ1v) is 10.8. The third-order valence-electron chi connectivity index (χ3n) is 3.64. The third-order valence-corrected chi connectivity index (χ3v) is 5.59. The minimum atomic E-state index is -0.916. The third kappa shape index (κ3) is 10.6. The molecule has 2 unspecified atom stereocenters. The van der Waals surface area contributed by atoms with E-state index >= 15 is 0 Å². The van der Waals surface area contributed by atoms with Gasteiger partial charge in [0.15, 0.2) is 5.96 Å². The van der Waals surface area contributed by atoms with Crippen molar-refractivity contribution in [1.29, 1.82) is 0 Å². The van der Waals surface area contributed by atoms with E-state index in [9.17, 15) is 9.32 Å². The Balaban J connectivity index is 0.00000729. The number of halogens is 1. The van der Waals surface area contributed by atoms with Gasteiger partial charge < -0.3 is 20.5 Å². The molecule has 0 saturated carbocycles. The number of benzene rings is 1. The average molecular weight is 525 g/mol. The minimum Gasteiger partial charge on any atom is -0.491 e. The van der Waals surface area contributed by atoms with Crippen LogP contribution in [0, 0.1) is 0 Å². The molecular formula is C20H36IN3O3S. The van der Waals surface area contributed by atoms with Crippen molar-refractivity contribution in [3.8, 4) is 5.75 Å². The number of nitrogens with zero attached hydrogens (tertiary/aromatic N) is 1. The Bertz CT molecular complexity index is 633. The highest BCUT2D eigenvalue weighted by atomic mass is 127. The molecule has 1 rings (SSSR count). The van der Waals surface area contributed by atoms with Gasteiger partial charge in [-0.25, -0.2) is 0 Å². The SMILES string of the molecule is CCNC(=NCC(O)c1cccc(OC(C)C)c1)NCCS(=O)C(C)(C)C.I. The lowest BCUT2D eigenvalue weighted by atomic mass is 10.1. The number of nitrogens with one attached hydrogen (secondary N) is 2. The van der Waals surface area contributed by atoms with Crippen molar-refractivity contribution >= 4 is 40.7 Å². The lowest BCUT2D eigenvalue weighted by Crippen LogP contribution is -2.40. The second-order valence-corrected chi connectivity index (χ2v) is 9.89. The number of guanidine groups is 1. The van der Waals surface area contributed by atoms with Crippen LogP contribution >= 0.6 is 24.0 Å². The highest BCUT2D eigenvalue weighted by Crippen LogP contribution is 2.20. The molecule has 0 spiro atoms. The van der Waals surface area contributed by atoms with Gasteiger partial charge in [0.05, 0.1) is 18.8 Å². The predicted molar refractivity (Wildman–Crippen MR) is 129 cm³/mol. The summed E-state index contributed by atoms with van der Waals surface area (Å²) in [6.45, 7) is 13.3. The van der Waals surface area contributed by atoms with Gasteiger partial charge in [-0.15, -0.1) is 24.0 Å². The maximum absolute atomic E-state index is 12.1. The molecule has 0 aliphatic heterocycles. The molecule has 0 heterocycles. The van der Waals surface area contributed by atoms with Crippen molar-refractivity contribution in [3.05, 3.63) is 29.8 Å². The topological polar surface area (TPSA) is 83.0 Å². The second kappa shape index (κ2) is 13.4. The summed E-state index contributed by atoms with van der Waals surface area (Å²) in [5.41, 5.74) is 0.765. The Labute approximate surface area is 189 Å². The number of hydrogen-bond acceptors (Lipinski definition) is 4. The van der Waals surface area contributed by atoms with Crippen LogP contribution in [0.3, 0.4) is 0 Å². The first kappa shape index (κ1) is 27.1. The fourth-order valence-corrected chi connectivity index (χ4v) is 3.16. The smallest absolute Gasteiger partial charge is 0.191 e. The molecule has 2 atom stereocenters. The van der Waals surface area contributed by atoms with Gasteiger partial charge in [0.25, 0.3) is 0 Å². The minimum absolute atomic E-state index is 0. The van der Waals surface area contributed by atoms with Crippen LogP contribution in [0.15, 0.2) is 29.3 Å². The largest absolute Gasteiger partial charge is 0.491 e. The summed E-state index contributed by atoms with van der Waals surface area (Å²) < 4.78 is 17.6. The zero-order valence-corrected chi connectivity index (χ0v) is 21.0. The molecule has 0 aromatic heterocycles. The number of ether oxygens (including phenoxy) is 1. The van der Waals surface area contributed by atoms with Crippen LogP contribution < -0.4 is 15.4 Å². The van der Waals surface area contributed by atoms with Crippen LogP contribution in [0.5, 0.6) is 5.75 Å². The number of hydrogen-bond donors (Lipinski definition) is 3. The monoisotopic (exact) mass is 525 g/mol. The quantitative estimate of drug-likeness (QED) is 0.262. The second-order valence-electron chi connectivity index (χ2n) is 7.56. The van der Waals surface area contributed by atoms with E-state index in [-0.39, 0.29) is 41.4 Å². The molecule has 0 aliphatic rings. The van der Waals surface area contributed by atoms with Gasteiger partial charge in [0.1, 0.15) is 5.75 Å². The highest BCUT2D eigenvalue weighted by molar-refractivity contribution is 14.0. The van der Waals surface area contributed by atoms with Crippen molar-refractivity contribution in [2.75, 3.05) is 25.4 Å². The van der Waals surface area contributed by atoms with Crippen LogP contribution in [0.25, 0.3) is 0 Å². The Morgan fingerprint density at radius 2 is 1.96 bits per heavy atom. The molecule has 0 radical (unpaired) electrons. The Morgan fingerprint density at radius 1 is 1.29 bits per heavy atom. The standard InChI is InChI=1S/C20H35N3O3S.HI/c1-7-21-19(22-11-12-27(25)20(4,5)6)23-14-18(24)16-9-8-10-17(13-16)26-15(2)3;/h8-10,13,15,18,24H,7,11-12,14H2,1-6H3,(H2,21,22,23);1H. The van der Waals surface area contributed by atoms with E-state index < -0.39 is 16.9 Å². The zero-order valence-electron chi connectivity index (χ0n) is 17.8. The van der Waals surface area contributed by atoms with Crippen molar-refractivity contribution < 1.29 is 14.1 Å². The van der Waals surface area contributed by atoms with Crippen LogP contribution in [0.4, 0.5) is 0 Å². The van der Waals surface area contributed by atoms with E-state index in [1.807, 2.05) is 65.8 Å². The van der Waals surface area contributed by atoms with E-state index in [4.69, 9.17) is 4.74 Å². The molecule has 0 fully saturated rings. The fourth-order valence-electron chi connectivity index (χ4n) is 2.26. The van der Waals surface area contributed by atoms with Gasteiger partial charge in [0, 0.05) is 34.4 Å². The molecule has 6 nitrogen and oxygen atoms in total. The van der Waals surface area contributed by atoms with Crippen molar-refractivity contribution in [2.45, 2.75) is 58.5 Å². The van der Waals surface area contributed by atoms with E-state index in [0.717, 1.165) is 11.3 Å². The molecule has 3 N–H and O–H groups in total. The van der Waals surface area contributed by atoms with Gasteiger partial charge in [-0.3, -0.25) is 9.20 Å². The zero-order chi connectivity index (χ0) is 20.4. The summed E-state index contributed by atoms with van der Waals surface area (Å²) in [4.78, 5) is 4.44. The Hall–Kier alpha value is -0.870. The predicted octanol–water partition coefficient (Wildman–Crippen LogP) is 3.23. The maximum atomic E-state index is 12.1. The summed E-state index contributed by atoms with van der Waals surface area (Å²) in [6, 6.07) is 7.44. The average Bonchev–Trinajstić information content (AvgIpc) is 2.58. The lowest BCUT2D eigenvalue weighted by Gasteiger charge is -2.19. The van der Waals surface area contributed by atoms with E-state index in [1.54, 1.807) is 0 Å². The molecule has 162 valence electrons. The summed E-state index contributed by atoms with van der Waals surface area (Å²) >= 11 is 0. The number of aliphatic hydroxyl groups is 1. The van der Waals surface area contributed by atoms with Gasteiger partial charge in [0.2, 0.25) is 0 Å². The molecule has 1 aromatic carbocycles. The van der Waals surface area contributed by atoms with Gasteiger partial charge >= 0.3 is 0 Å². The summed E-state index contributed by atoms with van der Waals surface area (Å²) in [5.74, 6) is 1.89. The van der Waals surface area contributed by atoms with E-state index in [1.165, 1.54) is 0 Å². The Morgan fingerprint density at radius 3 is 2.54 bits per heavy atom. The van der Waals surface area contributed by atoms with Crippen molar-refractivity contribution in [1.82, 2.24) is 10.6 Å². The van der Waals surface area contributed by atoms with Gasteiger partial charge in [-0.2, -0.15) is 0 Å². The van der Waals surface area contributed by atoms with Crippen LogP contribution in [0.2, 0.25) is 0 Å². The molecule has 8 heteroatoms. The molecule has 0 bridgehead atoms. The van der Waals surface area contributed by atoms with Gasteiger partial charge in [-0.1, -0.05) is 12.1 Å². The normalized spacial score (nSPS) is 14.2. The fraction of sp³-hybridized carbons (Fsp3) is 0.650. The highest BCUT2D eigenvalue weighted by Gasteiger charge is 2.18. The first-order chi connectivity index (χ1) is 12.6.